The Balaban J connectivity index is 1.91. The predicted octanol–water partition coefficient (Wildman–Crippen LogP) is -1.65. The third kappa shape index (κ3) is 4.90. The number of nitrogens with zero attached hydrogens (tertiary/aromatic N) is 1. The molecule has 8 nitrogen and oxygen atoms in total. The maximum Gasteiger partial charge on any atom is 0.271 e. The molecule has 126 valence electrons. The molecule has 0 aromatic heterocycles. The minimum atomic E-state index is -0.494. The molecule has 0 spiro atoms. The first-order valence-electron chi connectivity index (χ1n) is 7.76. The largest absolute Gasteiger partial charge is 0.495 e. The number of benzene rings is 1. The van der Waals surface area contributed by atoms with E-state index in [1.165, 1.54) is 35.1 Å². The van der Waals surface area contributed by atoms with Gasteiger partial charge in [0.25, 0.3) is 5.69 Å². The standard InChI is InChI=1S/C15H22N4O4/c1-17-7-9-18(10-8-17)6-5-15(20)16-13-11-12(19(21)22)3-4-14(13)23-2/h3-4,11H,5-10H2,1-2H3,(H,16,20)/p+2. The van der Waals surface area contributed by atoms with Crippen molar-refractivity contribution in [3.05, 3.63) is 28.3 Å². The van der Waals surface area contributed by atoms with E-state index in [1.807, 2.05) is 0 Å². The second-order valence-electron chi connectivity index (χ2n) is 5.90. The van der Waals surface area contributed by atoms with Crippen molar-refractivity contribution in [3.8, 4) is 5.75 Å². The summed E-state index contributed by atoms with van der Waals surface area (Å²) in [7, 11) is 3.64. The van der Waals surface area contributed by atoms with Gasteiger partial charge in [0.05, 0.1) is 37.7 Å². The van der Waals surface area contributed by atoms with Crippen molar-refractivity contribution in [2.24, 2.45) is 0 Å². The van der Waals surface area contributed by atoms with Gasteiger partial charge in [0.15, 0.2) is 0 Å². The molecular weight excluding hydrogens is 300 g/mol. The molecule has 0 unspecified atom stereocenters. The molecule has 0 atom stereocenters. The molecule has 8 heteroatoms. The fourth-order valence-electron chi connectivity index (χ4n) is 2.69. The number of methoxy groups -OCH3 is 1. The second kappa shape index (κ2) is 7.89. The molecule has 3 N–H and O–H groups in total. The third-order valence-electron chi connectivity index (χ3n) is 4.18. The third-order valence-corrected chi connectivity index (χ3v) is 4.18. The second-order valence-corrected chi connectivity index (χ2v) is 5.90. The lowest BCUT2D eigenvalue weighted by molar-refractivity contribution is -1.00. The topological polar surface area (TPSA) is 90.3 Å². The quantitative estimate of drug-likeness (QED) is 0.432. The van der Waals surface area contributed by atoms with Crippen LogP contribution >= 0.6 is 0 Å². The Morgan fingerprint density at radius 1 is 1.35 bits per heavy atom. The molecule has 0 aliphatic carbocycles. The van der Waals surface area contributed by atoms with Crippen LogP contribution in [0.15, 0.2) is 18.2 Å². The summed E-state index contributed by atoms with van der Waals surface area (Å²) in [6, 6.07) is 4.16. The van der Waals surface area contributed by atoms with Gasteiger partial charge in [-0.3, -0.25) is 14.9 Å². The normalized spacial score (nSPS) is 20.8. The lowest BCUT2D eigenvalue weighted by Crippen LogP contribution is -3.27. The number of non-ortho nitro benzene ring substituents is 1. The van der Waals surface area contributed by atoms with Gasteiger partial charge in [0.1, 0.15) is 31.9 Å². The number of likely N-dealkylation sites (N-methyl/N-ethyl adjacent to an activating group) is 1. The number of piperazine rings is 1. The zero-order valence-corrected chi connectivity index (χ0v) is 13.6. The van der Waals surface area contributed by atoms with E-state index in [0.29, 0.717) is 17.9 Å². The maximum atomic E-state index is 12.1. The number of carbonyl (C=O) groups excluding carboxylic acids is 1. The van der Waals surface area contributed by atoms with Gasteiger partial charge >= 0.3 is 0 Å². The molecule has 0 radical (unpaired) electrons. The molecule has 1 aromatic carbocycles. The number of nitro groups is 1. The fourth-order valence-corrected chi connectivity index (χ4v) is 2.69. The number of ether oxygens (including phenoxy) is 1. The molecule has 2 rings (SSSR count). The Labute approximate surface area is 135 Å². The van der Waals surface area contributed by atoms with Gasteiger partial charge in [-0.25, -0.2) is 0 Å². The summed E-state index contributed by atoms with van der Waals surface area (Å²) in [6.45, 7) is 5.15. The van der Waals surface area contributed by atoms with Crippen LogP contribution in [0.1, 0.15) is 6.42 Å². The summed E-state index contributed by atoms with van der Waals surface area (Å²) >= 11 is 0. The highest BCUT2D eigenvalue weighted by atomic mass is 16.6. The molecular formula is C15H24N4O4+2. The average Bonchev–Trinajstić information content (AvgIpc) is 2.54. The molecule has 1 aromatic rings. The molecule has 0 saturated carbocycles. The number of carbonyl (C=O) groups is 1. The van der Waals surface area contributed by atoms with E-state index in [-0.39, 0.29) is 11.6 Å². The summed E-state index contributed by atoms with van der Waals surface area (Å²) in [6.07, 6.45) is 0.389. The first kappa shape index (κ1) is 17.2. The summed E-state index contributed by atoms with van der Waals surface area (Å²) in [5.74, 6) is 0.266. The molecule has 1 saturated heterocycles. The number of nitro benzene ring substituents is 1. The van der Waals surface area contributed by atoms with Gasteiger partial charge in [0.2, 0.25) is 5.91 Å². The molecule has 0 bridgehead atoms. The van der Waals surface area contributed by atoms with Crippen LogP contribution < -0.4 is 19.9 Å². The van der Waals surface area contributed by atoms with Gasteiger partial charge in [-0.15, -0.1) is 0 Å². The zero-order chi connectivity index (χ0) is 16.8. The van der Waals surface area contributed by atoms with Crippen LogP contribution in [0.5, 0.6) is 5.75 Å². The molecule has 1 amide bonds. The summed E-state index contributed by atoms with van der Waals surface area (Å²) in [5, 5.41) is 13.6. The molecule has 1 aliphatic rings. The number of quaternary nitrogens is 2. The first-order valence-corrected chi connectivity index (χ1v) is 7.76. The highest BCUT2D eigenvalue weighted by molar-refractivity contribution is 5.92. The zero-order valence-electron chi connectivity index (χ0n) is 13.6. The molecule has 1 heterocycles. The van der Waals surface area contributed by atoms with Crippen molar-refractivity contribution in [1.82, 2.24) is 0 Å². The monoisotopic (exact) mass is 324 g/mol. The Bertz CT molecular complexity index is 571. The van der Waals surface area contributed by atoms with Crippen LogP contribution in [0.4, 0.5) is 11.4 Å². The summed E-state index contributed by atoms with van der Waals surface area (Å²) in [4.78, 5) is 25.4. The fraction of sp³-hybridized carbons (Fsp3) is 0.533. The van der Waals surface area contributed by atoms with Gasteiger partial charge in [-0.2, -0.15) is 0 Å². The van der Waals surface area contributed by atoms with E-state index in [4.69, 9.17) is 4.74 Å². The SMILES string of the molecule is COc1ccc([N+](=O)[O-])cc1NC(=O)CC[NH+]1CC[NH+](C)CC1. The van der Waals surface area contributed by atoms with E-state index in [0.717, 1.165) is 32.7 Å². The van der Waals surface area contributed by atoms with Crippen LogP contribution in [0.2, 0.25) is 0 Å². The van der Waals surface area contributed by atoms with Crippen molar-refractivity contribution >= 4 is 17.3 Å². The van der Waals surface area contributed by atoms with E-state index in [9.17, 15) is 14.9 Å². The molecule has 23 heavy (non-hydrogen) atoms. The Morgan fingerprint density at radius 2 is 2.04 bits per heavy atom. The Hall–Kier alpha value is -2.19. The van der Waals surface area contributed by atoms with E-state index < -0.39 is 4.92 Å². The van der Waals surface area contributed by atoms with Gasteiger partial charge in [0, 0.05) is 12.1 Å². The van der Waals surface area contributed by atoms with E-state index in [1.54, 1.807) is 0 Å². The lowest BCUT2D eigenvalue weighted by atomic mass is 10.2. The van der Waals surface area contributed by atoms with E-state index >= 15 is 0 Å². The number of hydrogen-bond donors (Lipinski definition) is 3. The number of anilines is 1. The highest BCUT2D eigenvalue weighted by Crippen LogP contribution is 2.28. The van der Waals surface area contributed by atoms with Crippen molar-refractivity contribution in [3.63, 3.8) is 0 Å². The lowest BCUT2D eigenvalue weighted by Gasteiger charge is -2.27. The molecule has 1 aliphatic heterocycles. The number of hydrogen-bond acceptors (Lipinski definition) is 4. The first-order chi connectivity index (χ1) is 11.0. The van der Waals surface area contributed by atoms with Crippen molar-refractivity contribution < 1.29 is 24.3 Å². The van der Waals surface area contributed by atoms with Gasteiger partial charge < -0.3 is 19.9 Å². The van der Waals surface area contributed by atoms with Crippen molar-refractivity contribution in [2.75, 3.05) is 52.2 Å². The van der Waals surface area contributed by atoms with Crippen LogP contribution in [0, 0.1) is 10.1 Å². The Morgan fingerprint density at radius 3 is 2.65 bits per heavy atom. The van der Waals surface area contributed by atoms with Crippen LogP contribution in [-0.2, 0) is 4.79 Å². The van der Waals surface area contributed by atoms with E-state index in [2.05, 4.69) is 12.4 Å². The molecule has 1 fully saturated rings. The predicted molar refractivity (Wildman–Crippen MR) is 85.1 cm³/mol. The van der Waals surface area contributed by atoms with Gasteiger partial charge in [-0.1, -0.05) is 0 Å². The number of nitrogens with one attached hydrogen (secondary N) is 3. The minimum absolute atomic E-state index is 0.0752. The Kier molecular flexibility index (Phi) is 5.89. The minimum Gasteiger partial charge on any atom is -0.495 e. The summed E-state index contributed by atoms with van der Waals surface area (Å²) in [5.41, 5.74) is 0.262. The van der Waals surface area contributed by atoms with Crippen molar-refractivity contribution in [2.45, 2.75) is 6.42 Å². The van der Waals surface area contributed by atoms with Crippen LogP contribution in [0.25, 0.3) is 0 Å². The number of amides is 1. The maximum absolute atomic E-state index is 12.1. The van der Waals surface area contributed by atoms with Gasteiger partial charge in [-0.05, 0) is 6.07 Å². The number of rotatable bonds is 6. The van der Waals surface area contributed by atoms with Crippen LogP contribution in [-0.4, -0.2) is 57.7 Å². The highest BCUT2D eigenvalue weighted by Gasteiger charge is 2.21. The summed E-state index contributed by atoms with van der Waals surface area (Å²) < 4.78 is 5.14. The van der Waals surface area contributed by atoms with Crippen LogP contribution in [0.3, 0.4) is 0 Å². The van der Waals surface area contributed by atoms with Crippen molar-refractivity contribution in [1.29, 1.82) is 0 Å². The average molecular weight is 324 g/mol. The smallest absolute Gasteiger partial charge is 0.271 e.